The quantitative estimate of drug-likeness (QED) is 0.451. The van der Waals surface area contributed by atoms with Crippen molar-refractivity contribution in [2.24, 2.45) is 5.10 Å². The van der Waals surface area contributed by atoms with Crippen molar-refractivity contribution in [2.45, 2.75) is 6.92 Å². The Morgan fingerprint density at radius 2 is 2.27 bits per heavy atom. The minimum Gasteiger partial charge on any atom is -0.461 e. The van der Waals surface area contributed by atoms with Crippen molar-refractivity contribution in [1.29, 1.82) is 0 Å². The Bertz CT molecular complexity index is 1040. The summed E-state index contributed by atoms with van der Waals surface area (Å²) in [5.74, 6) is 1.04. The standard InChI is InChI=1S/C20H21N7O3/c1-15-3-2-4-16(11-15)13-22-25-17-12-18(27-6-5-21-14-27)24-19(23-17)29-9-7-26-8-10-30-20(26)28/h2-6,11-14H,7-10H2,1H3,(H,23,24,25)/b22-13+. The molecule has 0 bridgehead atoms. The summed E-state index contributed by atoms with van der Waals surface area (Å²) in [4.78, 5) is 25.9. The molecule has 0 aliphatic carbocycles. The zero-order valence-corrected chi connectivity index (χ0v) is 16.4. The summed E-state index contributed by atoms with van der Waals surface area (Å²) in [6, 6.07) is 9.90. The van der Waals surface area contributed by atoms with E-state index < -0.39 is 0 Å². The minimum absolute atomic E-state index is 0.169. The maximum Gasteiger partial charge on any atom is 0.410 e. The number of benzene rings is 1. The SMILES string of the molecule is Cc1cccc(/C=N/Nc2cc(-n3ccnc3)nc(OCCN3CCOC3=O)n2)c1. The summed E-state index contributed by atoms with van der Waals surface area (Å²) < 4.78 is 12.3. The van der Waals surface area contributed by atoms with Gasteiger partial charge in [-0.15, -0.1) is 0 Å². The fourth-order valence-electron chi connectivity index (χ4n) is 2.86. The lowest BCUT2D eigenvalue weighted by Gasteiger charge is -2.13. The number of carbonyl (C=O) groups excluding carboxylic acids is 1. The number of rotatable bonds is 8. The van der Waals surface area contributed by atoms with Gasteiger partial charge in [-0.25, -0.2) is 9.78 Å². The van der Waals surface area contributed by atoms with Crippen molar-refractivity contribution < 1.29 is 14.3 Å². The topological polar surface area (TPSA) is 107 Å². The second kappa shape index (κ2) is 9.03. The zero-order chi connectivity index (χ0) is 20.8. The lowest BCUT2D eigenvalue weighted by Crippen LogP contribution is -2.29. The van der Waals surface area contributed by atoms with Gasteiger partial charge in [0.1, 0.15) is 25.4 Å². The normalized spacial score (nSPS) is 13.6. The third-order valence-electron chi connectivity index (χ3n) is 4.33. The van der Waals surface area contributed by atoms with Crippen LogP contribution >= 0.6 is 0 Å². The van der Waals surface area contributed by atoms with Crippen LogP contribution in [0, 0.1) is 6.92 Å². The molecule has 30 heavy (non-hydrogen) atoms. The molecule has 0 radical (unpaired) electrons. The van der Waals surface area contributed by atoms with E-state index in [1.54, 1.807) is 40.5 Å². The van der Waals surface area contributed by atoms with Crippen LogP contribution in [0.4, 0.5) is 10.6 Å². The highest BCUT2D eigenvalue weighted by atomic mass is 16.6. The molecule has 1 aliphatic heterocycles. The number of ether oxygens (including phenoxy) is 2. The first kappa shape index (κ1) is 19.4. The summed E-state index contributed by atoms with van der Waals surface area (Å²) in [5, 5.41) is 4.25. The number of aryl methyl sites for hydroxylation is 1. The lowest BCUT2D eigenvalue weighted by atomic mass is 10.2. The van der Waals surface area contributed by atoms with Crippen LogP contribution in [0.1, 0.15) is 11.1 Å². The molecular formula is C20H21N7O3. The number of anilines is 1. The van der Waals surface area contributed by atoms with E-state index in [1.807, 2.05) is 31.2 Å². The van der Waals surface area contributed by atoms with Gasteiger partial charge in [0.2, 0.25) is 0 Å². The highest BCUT2D eigenvalue weighted by molar-refractivity contribution is 5.80. The number of hydrogen-bond donors (Lipinski definition) is 1. The Morgan fingerprint density at radius 1 is 1.33 bits per heavy atom. The molecule has 10 heteroatoms. The summed E-state index contributed by atoms with van der Waals surface area (Å²) in [7, 11) is 0. The third kappa shape index (κ3) is 4.90. The number of carbonyl (C=O) groups is 1. The number of hydrogen-bond acceptors (Lipinski definition) is 8. The molecule has 0 atom stereocenters. The van der Waals surface area contributed by atoms with E-state index in [0.717, 1.165) is 11.1 Å². The molecule has 3 heterocycles. The Balaban J connectivity index is 1.47. The van der Waals surface area contributed by atoms with Gasteiger partial charge in [-0.3, -0.25) is 9.99 Å². The molecule has 0 saturated carbocycles. The summed E-state index contributed by atoms with van der Waals surface area (Å²) in [6.07, 6.45) is 6.44. The predicted molar refractivity (Wildman–Crippen MR) is 110 cm³/mol. The van der Waals surface area contributed by atoms with Gasteiger partial charge in [0.15, 0.2) is 5.82 Å². The van der Waals surface area contributed by atoms with E-state index in [0.29, 0.717) is 31.3 Å². The molecule has 1 aliphatic rings. The second-order valence-corrected chi connectivity index (χ2v) is 6.60. The maximum atomic E-state index is 11.5. The summed E-state index contributed by atoms with van der Waals surface area (Å²) in [6.45, 7) is 3.62. The third-order valence-corrected chi connectivity index (χ3v) is 4.33. The van der Waals surface area contributed by atoms with Crippen LogP contribution in [-0.2, 0) is 4.74 Å². The minimum atomic E-state index is -0.334. The smallest absolute Gasteiger partial charge is 0.410 e. The Labute approximate surface area is 173 Å². The molecule has 1 saturated heterocycles. The van der Waals surface area contributed by atoms with Crippen molar-refractivity contribution in [3.63, 3.8) is 0 Å². The molecule has 2 aromatic heterocycles. The van der Waals surface area contributed by atoms with Gasteiger partial charge in [0.25, 0.3) is 0 Å². The van der Waals surface area contributed by atoms with Gasteiger partial charge < -0.3 is 14.4 Å². The van der Waals surface area contributed by atoms with Crippen LogP contribution in [0.15, 0.2) is 54.2 Å². The monoisotopic (exact) mass is 407 g/mol. The van der Waals surface area contributed by atoms with E-state index in [-0.39, 0.29) is 18.7 Å². The molecule has 1 aromatic carbocycles. The van der Waals surface area contributed by atoms with E-state index in [1.165, 1.54) is 0 Å². The Hall–Kier alpha value is -3.95. The molecule has 1 amide bonds. The van der Waals surface area contributed by atoms with Gasteiger partial charge in [-0.05, 0) is 12.5 Å². The summed E-state index contributed by atoms with van der Waals surface area (Å²) in [5.41, 5.74) is 5.04. The number of hydrazone groups is 1. The molecule has 154 valence electrons. The van der Waals surface area contributed by atoms with Gasteiger partial charge in [-0.2, -0.15) is 15.1 Å². The van der Waals surface area contributed by atoms with Gasteiger partial charge in [-0.1, -0.05) is 29.8 Å². The van der Waals surface area contributed by atoms with Crippen molar-refractivity contribution in [2.75, 3.05) is 31.7 Å². The average molecular weight is 407 g/mol. The molecule has 0 spiro atoms. The van der Waals surface area contributed by atoms with Crippen molar-refractivity contribution in [1.82, 2.24) is 24.4 Å². The van der Waals surface area contributed by atoms with E-state index in [4.69, 9.17) is 9.47 Å². The fraction of sp³-hybridized carbons (Fsp3) is 0.250. The van der Waals surface area contributed by atoms with E-state index >= 15 is 0 Å². The van der Waals surface area contributed by atoms with Crippen molar-refractivity contribution in [3.05, 3.63) is 60.2 Å². The molecular weight excluding hydrogens is 386 g/mol. The van der Waals surface area contributed by atoms with Gasteiger partial charge in [0.05, 0.1) is 19.3 Å². The van der Waals surface area contributed by atoms with Gasteiger partial charge >= 0.3 is 12.1 Å². The highest BCUT2D eigenvalue weighted by Gasteiger charge is 2.21. The number of nitrogens with one attached hydrogen (secondary N) is 1. The molecule has 4 rings (SSSR count). The van der Waals surface area contributed by atoms with Crippen LogP contribution in [0.3, 0.4) is 0 Å². The lowest BCUT2D eigenvalue weighted by molar-refractivity contribution is 0.152. The molecule has 3 aromatic rings. The largest absolute Gasteiger partial charge is 0.461 e. The molecule has 1 fully saturated rings. The Kier molecular flexibility index (Phi) is 5.83. The van der Waals surface area contributed by atoms with Gasteiger partial charge in [0, 0.05) is 18.5 Å². The highest BCUT2D eigenvalue weighted by Crippen LogP contribution is 2.16. The average Bonchev–Trinajstić information content (AvgIpc) is 3.40. The molecule has 1 N–H and O–H groups in total. The first-order valence-corrected chi connectivity index (χ1v) is 9.45. The second-order valence-electron chi connectivity index (χ2n) is 6.60. The number of imidazole rings is 1. The van der Waals surface area contributed by atoms with Crippen molar-refractivity contribution >= 4 is 18.1 Å². The first-order chi connectivity index (χ1) is 14.7. The van der Waals surface area contributed by atoms with Crippen LogP contribution in [0.25, 0.3) is 5.82 Å². The fourth-order valence-corrected chi connectivity index (χ4v) is 2.86. The van der Waals surface area contributed by atoms with E-state index in [2.05, 4.69) is 25.5 Å². The van der Waals surface area contributed by atoms with Crippen LogP contribution in [0.2, 0.25) is 0 Å². The van der Waals surface area contributed by atoms with Crippen LogP contribution < -0.4 is 10.2 Å². The number of nitrogens with zero attached hydrogens (tertiary/aromatic N) is 6. The molecule has 0 unspecified atom stereocenters. The maximum absolute atomic E-state index is 11.5. The van der Waals surface area contributed by atoms with Crippen LogP contribution in [-0.4, -0.2) is 63.0 Å². The summed E-state index contributed by atoms with van der Waals surface area (Å²) >= 11 is 0. The first-order valence-electron chi connectivity index (χ1n) is 9.45. The number of amides is 1. The number of aromatic nitrogens is 4. The van der Waals surface area contributed by atoms with Crippen molar-refractivity contribution in [3.8, 4) is 11.8 Å². The predicted octanol–water partition coefficient (Wildman–Crippen LogP) is 2.25. The van der Waals surface area contributed by atoms with E-state index in [9.17, 15) is 4.79 Å². The molecule has 10 nitrogen and oxygen atoms in total. The van der Waals surface area contributed by atoms with Crippen LogP contribution in [0.5, 0.6) is 6.01 Å². The zero-order valence-electron chi connectivity index (χ0n) is 16.4. The Morgan fingerprint density at radius 3 is 3.03 bits per heavy atom. The number of cyclic esters (lactones) is 1.